The number of rotatable bonds is 7. The van der Waals surface area contributed by atoms with Crippen molar-refractivity contribution in [1.29, 1.82) is 0 Å². The summed E-state index contributed by atoms with van der Waals surface area (Å²) in [5.41, 5.74) is 6.00. The van der Waals surface area contributed by atoms with Crippen molar-refractivity contribution in [1.82, 2.24) is 4.90 Å². The second-order valence-corrected chi connectivity index (χ2v) is 8.07. The third kappa shape index (κ3) is 5.67. The Balaban J connectivity index is 2.03. The first-order valence-electron chi connectivity index (χ1n) is 10.1. The van der Waals surface area contributed by atoms with E-state index in [9.17, 15) is 9.59 Å². The number of nitrogens with one attached hydrogen (secondary N) is 2. The van der Waals surface area contributed by atoms with E-state index in [0.717, 1.165) is 33.6 Å². The lowest BCUT2D eigenvalue weighted by atomic mass is 9.98. The number of amides is 2. The van der Waals surface area contributed by atoms with E-state index < -0.39 is 6.04 Å². The van der Waals surface area contributed by atoms with Gasteiger partial charge in [0.05, 0.1) is 12.6 Å². The number of nitrogens with zero attached hydrogens (tertiary/aromatic N) is 1. The minimum atomic E-state index is -0.445. The summed E-state index contributed by atoms with van der Waals surface area (Å²) in [7, 11) is 1.79. The monoisotopic (exact) mass is 395 g/mol. The molecular formula is C24H33N3O2. The van der Waals surface area contributed by atoms with Crippen LogP contribution in [0.1, 0.15) is 48.9 Å². The van der Waals surface area contributed by atoms with Crippen LogP contribution in [0.5, 0.6) is 0 Å². The highest BCUT2D eigenvalue weighted by molar-refractivity contribution is 5.97. The van der Waals surface area contributed by atoms with Gasteiger partial charge in [0.25, 0.3) is 0 Å². The second-order valence-electron chi connectivity index (χ2n) is 8.07. The van der Waals surface area contributed by atoms with Crippen molar-refractivity contribution in [3.05, 3.63) is 58.7 Å². The average molecular weight is 396 g/mol. The van der Waals surface area contributed by atoms with Gasteiger partial charge in [0.15, 0.2) is 0 Å². The number of carbonyl (C=O) groups is 2. The van der Waals surface area contributed by atoms with Crippen LogP contribution in [0, 0.1) is 20.8 Å². The van der Waals surface area contributed by atoms with Crippen LogP contribution in [-0.2, 0) is 9.59 Å². The summed E-state index contributed by atoms with van der Waals surface area (Å²) in [4.78, 5) is 27.1. The summed E-state index contributed by atoms with van der Waals surface area (Å²) in [5.74, 6) is 0.0458. The zero-order valence-electron chi connectivity index (χ0n) is 18.6. The molecule has 0 unspecified atom stereocenters. The predicted molar refractivity (Wildman–Crippen MR) is 121 cm³/mol. The first-order chi connectivity index (χ1) is 13.6. The number of hydrogen-bond donors (Lipinski definition) is 2. The van der Waals surface area contributed by atoms with Gasteiger partial charge >= 0.3 is 0 Å². The summed E-state index contributed by atoms with van der Waals surface area (Å²) in [6.07, 6.45) is 0. The number of likely N-dealkylation sites (N-methyl/N-ethyl adjacent to an activating group) is 1. The third-order valence-electron chi connectivity index (χ3n) is 5.49. The van der Waals surface area contributed by atoms with Crippen LogP contribution in [0.15, 0.2) is 36.4 Å². The molecule has 0 aliphatic rings. The Bertz CT molecular complexity index is 890. The lowest BCUT2D eigenvalue weighted by Gasteiger charge is -2.25. The van der Waals surface area contributed by atoms with Gasteiger partial charge in [0, 0.05) is 11.4 Å². The minimum Gasteiger partial charge on any atom is -0.325 e. The Morgan fingerprint density at radius 3 is 2.21 bits per heavy atom. The van der Waals surface area contributed by atoms with E-state index in [-0.39, 0.29) is 18.4 Å². The van der Waals surface area contributed by atoms with Gasteiger partial charge in [-0.1, -0.05) is 44.2 Å². The molecule has 0 aromatic heterocycles. The first kappa shape index (κ1) is 22.6. The van der Waals surface area contributed by atoms with Crippen molar-refractivity contribution in [2.24, 2.45) is 0 Å². The van der Waals surface area contributed by atoms with Crippen LogP contribution < -0.4 is 10.6 Å². The summed E-state index contributed by atoms with van der Waals surface area (Å²) in [5, 5.41) is 6.01. The molecule has 2 amide bonds. The molecule has 5 heteroatoms. The molecular weight excluding hydrogens is 362 g/mol. The summed E-state index contributed by atoms with van der Waals surface area (Å²) in [6.45, 7) is 12.2. The zero-order valence-corrected chi connectivity index (χ0v) is 18.6. The highest BCUT2D eigenvalue weighted by Gasteiger charge is 2.22. The molecule has 156 valence electrons. The Morgan fingerprint density at radius 1 is 0.931 bits per heavy atom. The van der Waals surface area contributed by atoms with E-state index in [1.54, 1.807) is 11.9 Å². The molecule has 2 rings (SSSR count). The van der Waals surface area contributed by atoms with Crippen molar-refractivity contribution in [2.45, 2.75) is 53.5 Å². The smallest absolute Gasteiger partial charge is 0.241 e. The summed E-state index contributed by atoms with van der Waals surface area (Å²) in [6, 6.07) is 11.4. The number of carbonyl (C=O) groups excluding carboxylic acids is 2. The maximum Gasteiger partial charge on any atom is 0.241 e. The fourth-order valence-electron chi connectivity index (χ4n) is 3.21. The van der Waals surface area contributed by atoms with Gasteiger partial charge in [-0.25, -0.2) is 0 Å². The van der Waals surface area contributed by atoms with Crippen molar-refractivity contribution < 1.29 is 9.59 Å². The van der Waals surface area contributed by atoms with Crippen molar-refractivity contribution in [3.63, 3.8) is 0 Å². The Kier molecular flexibility index (Phi) is 7.57. The van der Waals surface area contributed by atoms with E-state index >= 15 is 0 Å². The second kappa shape index (κ2) is 9.70. The molecule has 0 spiro atoms. The minimum absolute atomic E-state index is 0.122. The maximum absolute atomic E-state index is 12.8. The number of benzene rings is 2. The number of hydrogen-bond acceptors (Lipinski definition) is 3. The Labute approximate surface area is 174 Å². The molecule has 2 aromatic carbocycles. The van der Waals surface area contributed by atoms with E-state index in [1.165, 1.54) is 0 Å². The third-order valence-corrected chi connectivity index (χ3v) is 5.49. The van der Waals surface area contributed by atoms with Crippen molar-refractivity contribution >= 4 is 23.2 Å². The number of anilines is 2. The van der Waals surface area contributed by atoms with Crippen LogP contribution in [0.3, 0.4) is 0 Å². The van der Waals surface area contributed by atoms with Crippen LogP contribution in [0.25, 0.3) is 0 Å². The molecule has 5 nitrogen and oxygen atoms in total. The SMILES string of the molecule is Cc1cccc(NC(=O)CN(C)[C@H](C)C(=O)Nc2c(C)cccc2C(C)C)c1C. The van der Waals surface area contributed by atoms with E-state index in [2.05, 4.69) is 24.5 Å². The van der Waals surface area contributed by atoms with E-state index in [1.807, 2.05) is 64.1 Å². The van der Waals surface area contributed by atoms with Gasteiger partial charge < -0.3 is 10.6 Å². The van der Waals surface area contributed by atoms with Crippen LogP contribution in [0.4, 0.5) is 11.4 Å². The predicted octanol–water partition coefficient (Wildman–Crippen LogP) is 4.63. The molecule has 0 bridgehead atoms. The normalized spacial score (nSPS) is 12.2. The molecule has 0 aliphatic carbocycles. The van der Waals surface area contributed by atoms with Crippen LogP contribution in [0.2, 0.25) is 0 Å². The average Bonchev–Trinajstić information content (AvgIpc) is 2.66. The molecule has 0 aliphatic heterocycles. The largest absolute Gasteiger partial charge is 0.325 e. The Morgan fingerprint density at radius 2 is 1.55 bits per heavy atom. The number of aryl methyl sites for hydroxylation is 2. The highest BCUT2D eigenvalue weighted by Crippen LogP contribution is 2.27. The number of para-hydroxylation sites is 1. The maximum atomic E-state index is 12.8. The molecule has 0 saturated carbocycles. The quantitative estimate of drug-likeness (QED) is 0.718. The molecule has 29 heavy (non-hydrogen) atoms. The molecule has 0 fully saturated rings. The van der Waals surface area contributed by atoms with Crippen molar-refractivity contribution in [2.75, 3.05) is 24.2 Å². The lowest BCUT2D eigenvalue weighted by molar-refractivity contribution is -0.122. The Hall–Kier alpha value is -2.66. The van der Waals surface area contributed by atoms with Gasteiger partial charge in [0.2, 0.25) is 11.8 Å². The van der Waals surface area contributed by atoms with Gasteiger partial charge in [0.1, 0.15) is 0 Å². The van der Waals surface area contributed by atoms with E-state index in [4.69, 9.17) is 0 Å². The van der Waals surface area contributed by atoms with Gasteiger partial charge in [-0.2, -0.15) is 0 Å². The molecule has 2 N–H and O–H groups in total. The van der Waals surface area contributed by atoms with Gasteiger partial charge in [-0.3, -0.25) is 14.5 Å². The fraction of sp³-hybridized carbons (Fsp3) is 0.417. The standard InChI is InChI=1S/C24H33N3O2/c1-15(2)20-12-8-11-17(4)23(20)26-24(29)19(6)27(7)14-22(28)25-21-13-9-10-16(3)18(21)5/h8-13,15,19H,14H2,1-7H3,(H,25,28)(H,26,29)/t19-/m1/s1. The molecule has 0 radical (unpaired) electrons. The van der Waals surface area contributed by atoms with Crippen LogP contribution in [-0.4, -0.2) is 36.3 Å². The summed E-state index contributed by atoms with van der Waals surface area (Å²) >= 11 is 0. The molecule has 0 heterocycles. The lowest BCUT2D eigenvalue weighted by Crippen LogP contribution is -2.43. The molecule has 1 atom stereocenters. The topological polar surface area (TPSA) is 61.4 Å². The highest BCUT2D eigenvalue weighted by atomic mass is 16.2. The first-order valence-corrected chi connectivity index (χ1v) is 10.1. The zero-order chi connectivity index (χ0) is 21.7. The molecule has 0 saturated heterocycles. The van der Waals surface area contributed by atoms with E-state index in [0.29, 0.717) is 5.92 Å². The van der Waals surface area contributed by atoms with Crippen LogP contribution >= 0.6 is 0 Å². The van der Waals surface area contributed by atoms with Gasteiger partial charge in [-0.15, -0.1) is 0 Å². The fourth-order valence-corrected chi connectivity index (χ4v) is 3.21. The molecule has 2 aromatic rings. The summed E-state index contributed by atoms with van der Waals surface area (Å²) < 4.78 is 0. The van der Waals surface area contributed by atoms with Gasteiger partial charge in [-0.05, 0) is 69.0 Å². The van der Waals surface area contributed by atoms with Crippen molar-refractivity contribution in [3.8, 4) is 0 Å².